The van der Waals surface area contributed by atoms with E-state index < -0.39 is 37.6 Å². The van der Waals surface area contributed by atoms with E-state index in [2.05, 4.69) is 19.0 Å². The number of hydrogen-bond acceptors (Lipinski definition) is 12. The van der Waals surface area contributed by atoms with Crippen LogP contribution in [0, 0.1) is 6.92 Å². The van der Waals surface area contributed by atoms with Gasteiger partial charge in [0.1, 0.15) is 5.75 Å². The normalized spacial score (nSPS) is 12.4. The summed E-state index contributed by atoms with van der Waals surface area (Å²) in [5, 5.41) is 12.9. The smallest absolute Gasteiger partial charge is 0.306 e. The molecule has 3 N–H and O–H groups in total. The number of oxime groups is 1. The molecule has 230 valence electrons. The molecule has 2 aromatic carbocycles. The van der Waals surface area contributed by atoms with E-state index in [0.717, 1.165) is 47.4 Å². The molecular weight excluding hydrogens is 607 g/mol. The van der Waals surface area contributed by atoms with E-state index in [1.807, 2.05) is 31.2 Å². The minimum Gasteiger partial charge on any atom is -0.494 e. The molecule has 42 heavy (non-hydrogen) atoms. The second-order valence-electron chi connectivity index (χ2n) is 9.71. The lowest BCUT2D eigenvalue weighted by Gasteiger charge is -2.17. The zero-order valence-corrected chi connectivity index (χ0v) is 26.4. The fourth-order valence-corrected chi connectivity index (χ4v) is 5.76. The molecule has 0 aliphatic carbocycles. The summed E-state index contributed by atoms with van der Waals surface area (Å²) in [6, 6.07) is 10.4. The lowest BCUT2D eigenvalue weighted by atomic mass is 10.1. The Morgan fingerprint density at radius 1 is 0.929 bits per heavy atom. The van der Waals surface area contributed by atoms with E-state index >= 15 is 0 Å². The third-order valence-electron chi connectivity index (χ3n) is 5.66. The number of nitrogens with two attached hydrogens (primary N) is 1. The van der Waals surface area contributed by atoms with Crippen LogP contribution in [0.15, 0.2) is 41.6 Å². The molecular formula is C27H35N3O9S3. The molecule has 0 amide bonds. The van der Waals surface area contributed by atoms with Crippen molar-refractivity contribution in [3.63, 3.8) is 0 Å². The molecule has 0 spiro atoms. The highest BCUT2D eigenvalue weighted by molar-refractivity contribution is 7.86. The maximum Gasteiger partial charge on any atom is 0.306 e. The number of benzene rings is 2. The number of unbranched alkanes of at least 4 members (excludes halogenated alkanes) is 2. The van der Waals surface area contributed by atoms with Crippen LogP contribution in [0.5, 0.6) is 23.0 Å². The summed E-state index contributed by atoms with van der Waals surface area (Å²) < 4.78 is 69.0. The Morgan fingerprint density at radius 3 is 2.10 bits per heavy atom. The molecule has 0 saturated carbocycles. The van der Waals surface area contributed by atoms with Gasteiger partial charge in [0.25, 0.3) is 0 Å². The van der Waals surface area contributed by atoms with Crippen LogP contribution < -0.4 is 23.6 Å². The van der Waals surface area contributed by atoms with Crippen molar-refractivity contribution in [2.75, 3.05) is 25.7 Å². The molecule has 0 saturated heterocycles. The fourth-order valence-electron chi connectivity index (χ4n) is 3.88. The predicted molar refractivity (Wildman–Crippen MR) is 161 cm³/mol. The van der Waals surface area contributed by atoms with E-state index in [4.69, 9.17) is 33.8 Å². The van der Waals surface area contributed by atoms with Crippen LogP contribution in [-0.2, 0) is 20.2 Å². The predicted octanol–water partition coefficient (Wildman–Crippen LogP) is 4.64. The van der Waals surface area contributed by atoms with Crippen LogP contribution in [-0.4, -0.2) is 58.6 Å². The Bertz CT molecular complexity index is 1620. The van der Waals surface area contributed by atoms with Crippen LogP contribution in [0.2, 0.25) is 0 Å². The monoisotopic (exact) mass is 641 g/mol. The van der Waals surface area contributed by atoms with Crippen molar-refractivity contribution in [1.29, 1.82) is 0 Å². The molecule has 0 aliphatic rings. The molecule has 3 aromatic rings. The molecule has 0 atom stereocenters. The number of ether oxygens (including phenoxy) is 2. The second-order valence-corrected chi connectivity index (χ2v) is 14.1. The lowest BCUT2D eigenvalue weighted by Crippen LogP contribution is -2.19. The summed E-state index contributed by atoms with van der Waals surface area (Å²) in [6.45, 7) is 6.96. The van der Waals surface area contributed by atoms with Gasteiger partial charge in [-0.3, -0.25) is 0 Å². The lowest BCUT2D eigenvalue weighted by molar-refractivity contribution is 0.274. The minimum absolute atomic E-state index is 0.0964. The van der Waals surface area contributed by atoms with E-state index in [1.165, 1.54) is 17.0 Å². The maximum atomic E-state index is 11.9. The van der Waals surface area contributed by atoms with Crippen LogP contribution in [0.4, 0.5) is 0 Å². The van der Waals surface area contributed by atoms with Gasteiger partial charge < -0.3 is 28.8 Å². The summed E-state index contributed by atoms with van der Waals surface area (Å²) in [4.78, 5) is 5.95. The minimum atomic E-state index is -4.16. The summed E-state index contributed by atoms with van der Waals surface area (Å²) in [7, 11) is -8.29. The van der Waals surface area contributed by atoms with Gasteiger partial charge in [-0.15, -0.1) is 11.3 Å². The van der Waals surface area contributed by atoms with E-state index in [0.29, 0.717) is 18.9 Å². The third-order valence-corrected chi connectivity index (χ3v) is 7.87. The first-order valence-corrected chi connectivity index (χ1v) is 17.4. The zero-order chi connectivity index (χ0) is 31.1. The average Bonchev–Trinajstić information content (AvgIpc) is 3.30. The summed E-state index contributed by atoms with van der Waals surface area (Å²) >= 11 is 1.72. The standard InChI is InChI=1S/C27H35N3O9S3/c1-17(2)26-23(29-18(3)40-26)19-9-11-20(12-10-19)36-15-7-6-8-16-37-22-14-13-21(27(28)30-31)24(38-41(4,32)33)25(22)39-42(5,34)35/h9-14,17,31H,6-8,15-16H2,1-5H3,(H2,28,30). The summed E-state index contributed by atoms with van der Waals surface area (Å²) in [6.07, 6.45) is 3.55. The van der Waals surface area contributed by atoms with E-state index in [-0.39, 0.29) is 17.9 Å². The van der Waals surface area contributed by atoms with Crippen molar-refractivity contribution in [3.8, 4) is 34.3 Å². The van der Waals surface area contributed by atoms with Crippen LogP contribution in [0.3, 0.4) is 0 Å². The van der Waals surface area contributed by atoms with Gasteiger partial charge in [-0.2, -0.15) is 16.8 Å². The van der Waals surface area contributed by atoms with Gasteiger partial charge in [0.2, 0.25) is 11.5 Å². The van der Waals surface area contributed by atoms with Crippen LogP contribution in [0.1, 0.15) is 54.5 Å². The van der Waals surface area contributed by atoms with Crippen LogP contribution in [0.25, 0.3) is 11.3 Å². The Labute approximate surface area is 250 Å². The molecule has 0 aliphatic heterocycles. The Hall–Kier alpha value is -3.56. The molecule has 0 radical (unpaired) electrons. The van der Waals surface area contributed by atoms with Gasteiger partial charge in [0.05, 0.1) is 42.0 Å². The number of rotatable bonds is 15. The number of nitrogens with zero attached hydrogens (tertiary/aromatic N) is 2. The number of hydrogen-bond donors (Lipinski definition) is 2. The van der Waals surface area contributed by atoms with E-state index in [1.54, 1.807) is 11.3 Å². The molecule has 0 bridgehead atoms. The van der Waals surface area contributed by atoms with Gasteiger partial charge in [0.15, 0.2) is 11.6 Å². The number of thiazole rings is 1. The molecule has 1 aromatic heterocycles. The van der Waals surface area contributed by atoms with E-state index in [9.17, 15) is 16.8 Å². The molecule has 12 nitrogen and oxygen atoms in total. The maximum absolute atomic E-state index is 11.9. The van der Waals surface area contributed by atoms with Gasteiger partial charge in [0, 0.05) is 10.4 Å². The zero-order valence-electron chi connectivity index (χ0n) is 24.0. The first kappa shape index (κ1) is 32.9. The molecule has 15 heteroatoms. The van der Waals surface area contributed by atoms with Gasteiger partial charge >= 0.3 is 20.2 Å². The van der Waals surface area contributed by atoms with Crippen molar-refractivity contribution in [2.24, 2.45) is 10.9 Å². The van der Waals surface area contributed by atoms with Gasteiger partial charge in [-0.05, 0) is 68.5 Å². The highest BCUT2D eigenvalue weighted by Gasteiger charge is 2.26. The number of aromatic nitrogens is 1. The largest absolute Gasteiger partial charge is 0.494 e. The SMILES string of the molecule is Cc1nc(-c2ccc(OCCCCCOc3ccc(/C(N)=N/O)c(OS(C)(=O)=O)c3OS(C)(=O)=O)cc2)c(C(C)C)s1. The highest BCUT2D eigenvalue weighted by Crippen LogP contribution is 2.42. The van der Waals surface area contributed by atoms with Crippen molar-refractivity contribution in [3.05, 3.63) is 51.8 Å². The molecule has 0 unspecified atom stereocenters. The molecule has 3 rings (SSSR count). The Kier molecular flexibility index (Phi) is 11.0. The topological polar surface area (TPSA) is 177 Å². The van der Waals surface area contributed by atoms with Crippen molar-refractivity contribution < 1.29 is 39.9 Å². The van der Waals surface area contributed by atoms with Crippen molar-refractivity contribution >= 4 is 37.4 Å². The fraction of sp³-hybridized carbons (Fsp3) is 0.407. The highest BCUT2D eigenvalue weighted by atomic mass is 32.2. The number of aryl methyl sites for hydroxylation is 1. The first-order chi connectivity index (χ1) is 19.7. The van der Waals surface area contributed by atoms with Gasteiger partial charge in [-0.25, -0.2) is 4.98 Å². The summed E-state index contributed by atoms with van der Waals surface area (Å²) in [5.41, 5.74) is 7.48. The average molecular weight is 642 g/mol. The number of amidine groups is 1. The van der Waals surface area contributed by atoms with Gasteiger partial charge in [-0.1, -0.05) is 19.0 Å². The first-order valence-electron chi connectivity index (χ1n) is 13.0. The second kappa shape index (κ2) is 14.1. The van der Waals surface area contributed by atoms with Crippen LogP contribution >= 0.6 is 11.3 Å². The molecule has 0 fully saturated rings. The molecule has 1 heterocycles. The Balaban J connectivity index is 1.58. The third kappa shape index (κ3) is 9.49. The van der Waals surface area contributed by atoms with Crippen molar-refractivity contribution in [1.82, 2.24) is 4.98 Å². The summed E-state index contributed by atoms with van der Waals surface area (Å²) in [5.74, 6) is -0.591. The van der Waals surface area contributed by atoms with Crippen molar-refractivity contribution in [2.45, 2.75) is 46.0 Å². The Morgan fingerprint density at radius 2 is 1.52 bits per heavy atom. The quantitative estimate of drug-likeness (QED) is 0.0590.